The summed E-state index contributed by atoms with van der Waals surface area (Å²) in [5.74, 6) is 1.35. The van der Waals surface area contributed by atoms with Crippen molar-refractivity contribution in [2.75, 3.05) is 13.2 Å². The zero-order valence-corrected chi connectivity index (χ0v) is 13.1. The molecule has 0 saturated carbocycles. The van der Waals surface area contributed by atoms with Crippen molar-refractivity contribution >= 4 is 27.5 Å². The Labute approximate surface area is 122 Å². The van der Waals surface area contributed by atoms with Gasteiger partial charge < -0.3 is 10.1 Å². The fourth-order valence-electron chi connectivity index (χ4n) is 1.50. The molecule has 1 N–H and O–H groups in total. The minimum absolute atomic E-state index is 0.418. The molecule has 4 heteroatoms. The Morgan fingerprint density at radius 2 is 2.22 bits per heavy atom. The number of rotatable bonds is 7. The normalized spacial score (nSPS) is 10.7. The predicted molar refractivity (Wildman–Crippen MR) is 81.6 cm³/mol. The summed E-state index contributed by atoms with van der Waals surface area (Å²) in [4.78, 5) is 0. The zero-order chi connectivity index (χ0) is 13.5. The first-order chi connectivity index (χ1) is 8.50. The highest BCUT2D eigenvalue weighted by molar-refractivity contribution is 9.11. The quantitative estimate of drug-likeness (QED) is 0.800. The number of hydrogen-bond donors (Lipinski definition) is 1. The Morgan fingerprint density at radius 1 is 1.50 bits per heavy atom. The number of para-hydroxylation sites is 1. The molecule has 0 aliphatic heterocycles. The predicted octanol–water partition coefficient (Wildman–Crippen LogP) is 4.37. The molecule has 0 amide bonds. The monoisotopic (exact) mass is 331 g/mol. The van der Waals surface area contributed by atoms with E-state index >= 15 is 0 Å². The Bertz CT molecular complexity index is 407. The molecule has 1 aromatic carbocycles. The number of hydrogen-bond acceptors (Lipinski definition) is 2. The summed E-state index contributed by atoms with van der Waals surface area (Å²) >= 11 is 9.43. The summed E-state index contributed by atoms with van der Waals surface area (Å²) in [5, 5.41) is 4.02. The van der Waals surface area contributed by atoms with E-state index in [-0.39, 0.29) is 0 Å². The van der Waals surface area contributed by atoms with Crippen LogP contribution in [0.1, 0.15) is 19.4 Å². The molecule has 0 spiro atoms. The average molecular weight is 333 g/mol. The molecular weight excluding hydrogens is 314 g/mol. The van der Waals surface area contributed by atoms with Gasteiger partial charge in [0.15, 0.2) is 0 Å². The molecule has 100 valence electrons. The van der Waals surface area contributed by atoms with E-state index in [0.29, 0.717) is 17.5 Å². The summed E-state index contributed by atoms with van der Waals surface area (Å²) in [6, 6.07) is 5.79. The maximum Gasteiger partial charge on any atom is 0.142 e. The third-order valence-corrected chi connectivity index (χ3v) is 2.82. The van der Waals surface area contributed by atoms with Gasteiger partial charge in [0, 0.05) is 16.6 Å². The lowest BCUT2D eigenvalue weighted by molar-refractivity contribution is 0.355. The van der Waals surface area contributed by atoms with Crippen LogP contribution < -0.4 is 10.1 Å². The molecule has 0 saturated heterocycles. The third kappa shape index (κ3) is 5.42. The maximum absolute atomic E-state index is 6.16. The third-order valence-electron chi connectivity index (χ3n) is 2.29. The second-order valence-electron chi connectivity index (χ2n) is 4.56. The summed E-state index contributed by atoms with van der Waals surface area (Å²) in [6.07, 6.45) is 0. The molecule has 2 nitrogen and oxygen atoms in total. The van der Waals surface area contributed by atoms with Crippen LogP contribution in [0.25, 0.3) is 0 Å². The molecule has 0 aliphatic rings. The Kier molecular flexibility index (Phi) is 6.76. The van der Waals surface area contributed by atoms with E-state index in [2.05, 4.69) is 41.7 Å². The van der Waals surface area contributed by atoms with Crippen LogP contribution in [-0.2, 0) is 6.54 Å². The molecule has 0 bridgehead atoms. The topological polar surface area (TPSA) is 21.3 Å². The molecule has 0 aliphatic carbocycles. The SMILES string of the molecule is C=C(Br)COc1c(Cl)cccc1CNCC(C)C. The van der Waals surface area contributed by atoms with Gasteiger partial charge in [-0.1, -0.05) is 60.1 Å². The van der Waals surface area contributed by atoms with E-state index in [4.69, 9.17) is 16.3 Å². The number of halogens is 2. The standard InChI is InChI=1S/C14H19BrClNO/c1-10(2)7-17-8-12-5-4-6-13(16)14(12)18-9-11(3)15/h4-6,10,17H,3,7-9H2,1-2H3. The van der Waals surface area contributed by atoms with E-state index in [1.54, 1.807) is 0 Å². The Balaban J connectivity index is 2.70. The smallest absolute Gasteiger partial charge is 0.142 e. The van der Waals surface area contributed by atoms with Crippen LogP contribution in [0.4, 0.5) is 0 Å². The average Bonchev–Trinajstić information content (AvgIpc) is 2.27. The van der Waals surface area contributed by atoms with Crippen LogP contribution >= 0.6 is 27.5 Å². The molecule has 0 heterocycles. The van der Waals surface area contributed by atoms with Gasteiger partial charge in [0.1, 0.15) is 12.4 Å². The van der Waals surface area contributed by atoms with Crippen molar-refractivity contribution < 1.29 is 4.74 Å². The lowest BCUT2D eigenvalue weighted by atomic mass is 10.2. The summed E-state index contributed by atoms with van der Waals surface area (Å²) in [5.41, 5.74) is 1.07. The summed E-state index contributed by atoms with van der Waals surface area (Å²) in [6.45, 7) is 10.2. The first kappa shape index (κ1) is 15.5. The largest absolute Gasteiger partial charge is 0.486 e. The molecule has 0 atom stereocenters. The van der Waals surface area contributed by atoms with E-state index in [1.165, 1.54) is 0 Å². The van der Waals surface area contributed by atoms with Gasteiger partial charge in [-0.15, -0.1) is 0 Å². The first-order valence-electron chi connectivity index (χ1n) is 5.95. The van der Waals surface area contributed by atoms with Crippen LogP contribution in [0.3, 0.4) is 0 Å². The zero-order valence-electron chi connectivity index (χ0n) is 10.8. The van der Waals surface area contributed by atoms with E-state index in [0.717, 1.165) is 28.9 Å². The van der Waals surface area contributed by atoms with Gasteiger partial charge in [0.25, 0.3) is 0 Å². The minimum Gasteiger partial charge on any atom is -0.486 e. The molecule has 0 fully saturated rings. The maximum atomic E-state index is 6.16. The Morgan fingerprint density at radius 3 is 2.83 bits per heavy atom. The van der Waals surface area contributed by atoms with Gasteiger partial charge in [-0.2, -0.15) is 0 Å². The molecular formula is C14H19BrClNO. The van der Waals surface area contributed by atoms with Gasteiger partial charge in [-0.05, 0) is 18.5 Å². The van der Waals surface area contributed by atoms with Crippen molar-refractivity contribution in [1.29, 1.82) is 0 Å². The molecule has 1 aromatic rings. The highest BCUT2D eigenvalue weighted by atomic mass is 79.9. The van der Waals surface area contributed by atoms with Crippen molar-refractivity contribution in [3.63, 3.8) is 0 Å². The second kappa shape index (κ2) is 7.82. The lowest BCUT2D eigenvalue weighted by Crippen LogP contribution is -2.19. The van der Waals surface area contributed by atoms with Crippen molar-refractivity contribution in [2.45, 2.75) is 20.4 Å². The minimum atomic E-state index is 0.418. The highest BCUT2D eigenvalue weighted by Gasteiger charge is 2.08. The van der Waals surface area contributed by atoms with Gasteiger partial charge >= 0.3 is 0 Å². The molecule has 0 unspecified atom stereocenters. The second-order valence-corrected chi connectivity index (χ2v) is 6.09. The highest BCUT2D eigenvalue weighted by Crippen LogP contribution is 2.29. The van der Waals surface area contributed by atoms with Gasteiger partial charge in [0.05, 0.1) is 5.02 Å². The molecule has 18 heavy (non-hydrogen) atoms. The lowest BCUT2D eigenvalue weighted by Gasteiger charge is -2.14. The number of ether oxygens (including phenoxy) is 1. The van der Waals surface area contributed by atoms with Crippen LogP contribution in [0.15, 0.2) is 29.3 Å². The van der Waals surface area contributed by atoms with Gasteiger partial charge in [-0.25, -0.2) is 0 Å². The van der Waals surface area contributed by atoms with Crippen molar-refractivity contribution in [2.24, 2.45) is 5.92 Å². The van der Waals surface area contributed by atoms with Gasteiger partial charge in [0.2, 0.25) is 0 Å². The fourth-order valence-corrected chi connectivity index (χ4v) is 1.86. The van der Waals surface area contributed by atoms with Crippen LogP contribution in [0.5, 0.6) is 5.75 Å². The first-order valence-corrected chi connectivity index (χ1v) is 7.12. The van der Waals surface area contributed by atoms with Crippen LogP contribution in [0.2, 0.25) is 5.02 Å². The van der Waals surface area contributed by atoms with Crippen molar-refractivity contribution in [3.05, 3.63) is 39.8 Å². The Hall–Kier alpha value is -0.510. The number of benzene rings is 1. The van der Waals surface area contributed by atoms with Crippen LogP contribution in [-0.4, -0.2) is 13.2 Å². The molecule has 0 radical (unpaired) electrons. The van der Waals surface area contributed by atoms with E-state index < -0.39 is 0 Å². The summed E-state index contributed by atoms with van der Waals surface area (Å²) in [7, 11) is 0. The van der Waals surface area contributed by atoms with Crippen molar-refractivity contribution in [1.82, 2.24) is 5.32 Å². The van der Waals surface area contributed by atoms with E-state index in [1.807, 2.05) is 18.2 Å². The summed E-state index contributed by atoms with van der Waals surface area (Å²) < 4.78 is 6.46. The number of nitrogens with one attached hydrogen (secondary N) is 1. The fraction of sp³-hybridized carbons (Fsp3) is 0.429. The van der Waals surface area contributed by atoms with E-state index in [9.17, 15) is 0 Å². The molecule has 0 aromatic heterocycles. The van der Waals surface area contributed by atoms with Crippen LogP contribution in [0, 0.1) is 5.92 Å². The van der Waals surface area contributed by atoms with Crippen molar-refractivity contribution in [3.8, 4) is 5.75 Å². The van der Waals surface area contributed by atoms with Gasteiger partial charge in [-0.3, -0.25) is 0 Å². The molecule has 1 rings (SSSR count).